The van der Waals surface area contributed by atoms with E-state index in [1.807, 2.05) is 0 Å². The van der Waals surface area contributed by atoms with Crippen molar-refractivity contribution in [3.63, 3.8) is 0 Å². The van der Waals surface area contributed by atoms with Crippen LogP contribution in [-0.4, -0.2) is 5.11 Å². The Labute approximate surface area is 70.6 Å². The summed E-state index contributed by atoms with van der Waals surface area (Å²) in [4.78, 5) is 0. The zero-order valence-electron chi connectivity index (χ0n) is 4.74. The van der Waals surface area contributed by atoms with Gasteiger partial charge in [-0.05, 0) is 22.0 Å². The largest absolute Gasteiger partial charge is 0.506 e. The predicted octanol–water partition coefficient (Wildman–Crippen LogP) is 2.95. The van der Waals surface area contributed by atoms with Crippen LogP contribution in [0.5, 0.6) is 5.75 Å². The molecule has 4 heteroatoms. The molecule has 10 heavy (non-hydrogen) atoms. The van der Waals surface area contributed by atoms with Crippen LogP contribution in [0.25, 0.3) is 0 Å². The Hall–Kier alpha value is -0.280. The fourth-order valence-corrected chi connectivity index (χ4v) is 1.15. The van der Waals surface area contributed by atoms with Gasteiger partial charge in [0, 0.05) is 6.07 Å². The third-order valence-corrected chi connectivity index (χ3v) is 1.90. The van der Waals surface area contributed by atoms with Crippen molar-refractivity contribution in [2.45, 2.75) is 0 Å². The van der Waals surface area contributed by atoms with Gasteiger partial charge in [-0.2, -0.15) is 0 Å². The van der Waals surface area contributed by atoms with Crippen LogP contribution in [0.2, 0.25) is 5.02 Å². The van der Waals surface area contributed by atoms with E-state index in [-0.39, 0.29) is 15.2 Å². The van der Waals surface area contributed by atoms with Crippen LogP contribution in [-0.2, 0) is 0 Å². The summed E-state index contributed by atoms with van der Waals surface area (Å²) >= 11 is 8.35. The van der Waals surface area contributed by atoms with Gasteiger partial charge < -0.3 is 5.11 Å². The Bertz CT molecular complexity index is 214. The molecular weight excluding hydrogens is 222 g/mol. The Balaban J connectivity index is 3.28. The summed E-state index contributed by atoms with van der Waals surface area (Å²) in [5.41, 5.74) is 0. The van der Waals surface area contributed by atoms with Gasteiger partial charge in [0.2, 0.25) is 0 Å². The van der Waals surface area contributed by atoms with Gasteiger partial charge in [0.05, 0.1) is 9.50 Å². The van der Waals surface area contributed by atoms with Crippen molar-refractivity contribution >= 4 is 27.5 Å². The SMILES string of the molecule is Oc1cc(F)c(Br)cc1Cl. The first-order chi connectivity index (χ1) is 4.61. The van der Waals surface area contributed by atoms with Crippen molar-refractivity contribution in [3.8, 4) is 5.75 Å². The van der Waals surface area contributed by atoms with Crippen LogP contribution >= 0.6 is 27.5 Å². The Morgan fingerprint density at radius 1 is 1.50 bits per heavy atom. The summed E-state index contributed by atoms with van der Waals surface area (Å²) in [6, 6.07) is 2.25. The van der Waals surface area contributed by atoms with Crippen molar-refractivity contribution in [1.29, 1.82) is 0 Å². The molecule has 0 saturated heterocycles. The maximum absolute atomic E-state index is 12.5. The van der Waals surface area contributed by atoms with Gasteiger partial charge in [0.25, 0.3) is 0 Å². The molecule has 1 aromatic carbocycles. The molecule has 0 fully saturated rings. The van der Waals surface area contributed by atoms with Crippen molar-refractivity contribution < 1.29 is 9.50 Å². The molecule has 0 unspecified atom stereocenters. The molecule has 1 nitrogen and oxygen atoms in total. The highest BCUT2D eigenvalue weighted by Gasteiger charge is 2.03. The molecule has 0 aliphatic heterocycles. The standard InChI is InChI=1S/C6H3BrClFO/c7-3-1-4(8)6(10)2-5(3)9/h1-2,10H. The molecule has 1 aromatic rings. The summed E-state index contributed by atoms with van der Waals surface area (Å²) in [6.45, 7) is 0. The normalized spacial score (nSPS) is 9.90. The molecule has 0 bridgehead atoms. The van der Waals surface area contributed by atoms with Gasteiger partial charge in [-0.1, -0.05) is 11.6 Å². The van der Waals surface area contributed by atoms with Crippen LogP contribution in [0.15, 0.2) is 16.6 Å². The second-order valence-electron chi connectivity index (χ2n) is 1.72. The lowest BCUT2D eigenvalue weighted by molar-refractivity contribution is 0.469. The van der Waals surface area contributed by atoms with Crippen LogP contribution in [0.3, 0.4) is 0 Å². The minimum Gasteiger partial charge on any atom is -0.506 e. The fourth-order valence-electron chi connectivity index (χ4n) is 0.512. The number of hydrogen-bond acceptors (Lipinski definition) is 1. The molecular formula is C6H3BrClFO. The molecule has 0 aromatic heterocycles. The lowest BCUT2D eigenvalue weighted by Crippen LogP contribution is -1.76. The summed E-state index contributed by atoms with van der Waals surface area (Å²) in [6.07, 6.45) is 0. The molecule has 0 aliphatic carbocycles. The average molecular weight is 225 g/mol. The van der Waals surface area contributed by atoms with Gasteiger partial charge in [0.15, 0.2) is 0 Å². The van der Waals surface area contributed by atoms with E-state index < -0.39 is 5.82 Å². The third kappa shape index (κ3) is 1.41. The summed E-state index contributed by atoms with van der Waals surface area (Å²) in [5, 5.41) is 8.96. The van der Waals surface area contributed by atoms with Crippen LogP contribution in [0, 0.1) is 5.82 Å². The first kappa shape index (κ1) is 7.82. The quantitative estimate of drug-likeness (QED) is 0.673. The molecule has 0 saturated carbocycles. The zero-order chi connectivity index (χ0) is 7.72. The van der Waals surface area contributed by atoms with Crippen molar-refractivity contribution in [2.75, 3.05) is 0 Å². The maximum atomic E-state index is 12.5. The van der Waals surface area contributed by atoms with Crippen LogP contribution < -0.4 is 0 Å². The van der Waals surface area contributed by atoms with Crippen molar-refractivity contribution in [3.05, 3.63) is 27.4 Å². The van der Waals surface area contributed by atoms with Gasteiger partial charge in [-0.15, -0.1) is 0 Å². The summed E-state index contributed by atoms with van der Waals surface area (Å²) in [5.74, 6) is -0.774. The number of phenolic OH excluding ortho intramolecular Hbond substituents is 1. The predicted molar refractivity (Wildman–Crippen MR) is 40.8 cm³/mol. The fraction of sp³-hybridized carbons (Fsp3) is 0. The number of aromatic hydroxyl groups is 1. The lowest BCUT2D eigenvalue weighted by Gasteiger charge is -1.97. The lowest BCUT2D eigenvalue weighted by atomic mass is 10.3. The molecule has 1 rings (SSSR count). The van der Waals surface area contributed by atoms with E-state index in [9.17, 15) is 4.39 Å². The molecule has 0 heterocycles. The van der Waals surface area contributed by atoms with E-state index in [0.29, 0.717) is 0 Å². The van der Waals surface area contributed by atoms with Gasteiger partial charge in [0.1, 0.15) is 11.6 Å². The van der Waals surface area contributed by atoms with E-state index in [4.69, 9.17) is 16.7 Å². The number of rotatable bonds is 0. The smallest absolute Gasteiger partial charge is 0.141 e. The van der Waals surface area contributed by atoms with Crippen molar-refractivity contribution in [2.24, 2.45) is 0 Å². The van der Waals surface area contributed by atoms with Gasteiger partial charge in [-0.3, -0.25) is 0 Å². The highest BCUT2D eigenvalue weighted by Crippen LogP contribution is 2.28. The Morgan fingerprint density at radius 3 is 2.60 bits per heavy atom. The number of phenols is 1. The minimum absolute atomic E-state index is 0.133. The maximum Gasteiger partial charge on any atom is 0.141 e. The van der Waals surface area contributed by atoms with Gasteiger partial charge in [-0.25, -0.2) is 4.39 Å². The van der Waals surface area contributed by atoms with E-state index in [1.165, 1.54) is 6.07 Å². The highest BCUT2D eigenvalue weighted by atomic mass is 79.9. The van der Waals surface area contributed by atoms with Crippen LogP contribution in [0.4, 0.5) is 4.39 Å². The van der Waals surface area contributed by atoms with Crippen molar-refractivity contribution in [1.82, 2.24) is 0 Å². The first-order valence-electron chi connectivity index (χ1n) is 2.45. The first-order valence-corrected chi connectivity index (χ1v) is 3.62. The van der Waals surface area contributed by atoms with E-state index in [0.717, 1.165) is 6.07 Å². The number of halogens is 3. The Kier molecular flexibility index (Phi) is 2.16. The van der Waals surface area contributed by atoms with E-state index in [1.54, 1.807) is 0 Å². The number of hydrogen-bond donors (Lipinski definition) is 1. The van der Waals surface area contributed by atoms with E-state index >= 15 is 0 Å². The second-order valence-corrected chi connectivity index (χ2v) is 2.98. The van der Waals surface area contributed by atoms with Gasteiger partial charge >= 0.3 is 0 Å². The average Bonchev–Trinajstić information content (AvgIpc) is 1.84. The second kappa shape index (κ2) is 2.76. The monoisotopic (exact) mass is 224 g/mol. The number of benzene rings is 1. The Morgan fingerprint density at radius 2 is 2.10 bits per heavy atom. The molecule has 0 radical (unpaired) electrons. The minimum atomic E-state index is -0.526. The molecule has 0 amide bonds. The topological polar surface area (TPSA) is 20.2 Å². The van der Waals surface area contributed by atoms with E-state index in [2.05, 4.69) is 15.9 Å². The highest BCUT2D eigenvalue weighted by molar-refractivity contribution is 9.10. The zero-order valence-corrected chi connectivity index (χ0v) is 7.08. The molecule has 0 spiro atoms. The van der Waals surface area contributed by atoms with Crippen LogP contribution in [0.1, 0.15) is 0 Å². The summed E-state index contributed by atoms with van der Waals surface area (Å²) < 4.78 is 12.7. The molecule has 54 valence electrons. The molecule has 0 aliphatic rings. The summed E-state index contributed by atoms with van der Waals surface area (Å²) in [7, 11) is 0. The molecule has 0 atom stereocenters. The molecule has 1 N–H and O–H groups in total. The third-order valence-electron chi connectivity index (χ3n) is 0.990.